The lowest BCUT2D eigenvalue weighted by Crippen LogP contribution is -2.44. The van der Waals surface area contributed by atoms with Crippen LogP contribution in [-0.2, 0) is 11.3 Å². The van der Waals surface area contributed by atoms with Gasteiger partial charge in [0, 0.05) is 11.6 Å². The van der Waals surface area contributed by atoms with E-state index in [0.29, 0.717) is 5.56 Å². The number of hydrogen-bond acceptors (Lipinski definition) is 4. The van der Waals surface area contributed by atoms with Crippen LogP contribution in [-0.4, -0.2) is 28.1 Å². The highest BCUT2D eigenvalue weighted by Crippen LogP contribution is 2.16. The van der Waals surface area contributed by atoms with Crippen LogP contribution in [0.15, 0.2) is 24.3 Å². The first kappa shape index (κ1) is 14.4. The quantitative estimate of drug-likeness (QED) is 0.539. The summed E-state index contributed by atoms with van der Waals surface area (Å²) in [5.41, 5.74) is 0.236. The van der Waals surface area contributed by atoms with Gasteiger partial charge in [-0.2, -0.15) is 0 Å². The van der Waals surface area contributed by atoms with Gasteiger partial charge in [-0.1, -0.05) is 18.2 Å². The molecule has 1 atom stereocenters. The van der Waals surface area contributed by atoms with Crippen LogP contribution in [0.25, 0.3) is 0 Å². The van der Waals surface area contributed by atoms with Gasteiger partial charge in [0.05, 0.1) is 11.5 Å². The molecule has 0 saturated heterocycles. The van der Waals surface area contributed by atoms with Gasteiger partial charge in [-0.3, -0.25) is 14.9 Å². The molecule has 3 N–H and O–H groups in total. The van der Waals surface area contributed by atoms with Crippen molar-refractivity contribution in [2.24, 2.45) is 0 Å². The second kappa shape index (κ2) is 6.34. The number of carboxylic acids is 1. The molecule has 0 fully saturated rings. The van der Waals surface area contributed by atoms with Crippen molar-refractivity contribution in [1.82, 2.24) is 10.6 Å². The van der Waals surface area contributed by atoms with Crippen LogP contribution < -0.4 is 10.6 Å². The third-order valence-corrected chi connectivity index (χ3v) is 2.35. The van der Waals surface area contributed by atoms with Gasteiger partial charge in [0.2, 0.25) is 0 Å². The monoisotopic (exact) mass is 267 g/mol. The average Bonchev–Trinajstić information content (AvgIpc) is 2.36. The topological polar surface area (TPSA) is 122 Å². The maximum atomic E-state index is 11.4. The van der Waals surface area contributed by atoms with Gasteiger partial charge in [0.15, 0.2) is 0 Å². The summed E-state index contributed by atoms with van der Waals surface area (Å²) in [7, 11) is 0. The minimum absolute atomic E-state index is 0.0602. The normalized spacial score (nSPS) is 11.4. The molecular formula is C11H13N3O5. The lowest BCUT2D eigenvalue weighted by atomic mass is 10.2. The Labute approximate surface area is 108 Å². The van der Waals surface area contributed by atoms with Crippen molar-refractivity contribution < 1.29 is 19.6 Å². The Morgan fingerprint density at radius 2 is 2.05 bits per heavy atom. The Morgan fingerprint density at radius 1 is 1.42 bits per heavy atom. The zero-order valence-electron chi connectivity index (χ0n) is 10.1. The maximum absolute atomic E-state index is 11.4. The SMILES string of the molecule is C[C@@H](NC(=O)NCc1ccccc1[N+](=O)[O-])C(=O)O. The number of carbonyl (C=O) groups is 2. The van der Waals surface area contributed by atoms with Gasteiger partial charge < -0.3 is 15.7 Å². The predicted molar refractivity (Wildman–Crippen MR) is 65.6 cm³/mol. The molecule has 0 aliphatic heterocycles. The van der Waals surface area contributed by atoms with E-state index in [0.717, 1.165) is 0 Å². The number of benzene rings is 1. The largest absolute Gasteiger partial charge is 0.480 e. The molecule has 0 unspecified atom stereocenters. The second-order valence-electron chi connectivity index (χ2n) is 3.77. The average molecular weight is 267 g/mol. The van der Waals surface area contributed by atoms with Crippen molar-refractivity contribution in [2.45, 2.75) is 19.5 Å². The number of carboxylic acid groups (broad SMARTS) is 1. The summed E-state index contributed by atoms with van der Waals surface area (Å²) in [6, 6.07) is 4.24. The number of nitrogens with one attached hydrogen (secondary N) is 2. The molecule has 1 rings (SSSR count). The Kier molecular flexibility index (Phi) is 4.81. The summed E-state index contributed by atoms with van der Waals surface area (Å²) in [6.07, 6.45) is 0. The predicted octanol–water partition coefficient (Wildman–Crippen LogP) is 0.867. The first-order chi connectivity index (χ1) is 8.91. The van der Waals surface area contributed by atoms with Crippen molar-refractivity contribution in [2.75, 3.05) is 0 Å². The van der Waals surface area contributed by atoms with E-state index in [2.05, 4.69) is 10.6 Å². The number of nitro benzene ring substituents is 1. The van der Waals surface area contributed by atoms with Crippen molar-refractivity contribution >= 4 is 17.7 Å². The number of para-hydroxylation sites is 1. The van der Waals surface area contributed by atoms with Crippen LogP contribution in [0, 0.1) is 10.1 Å². The van der Waals surface area contributed by atoms with E-state index in [1.54, 1.807) is 6.07 Å². The number of aliphatic carboxylic acids is 1. The molecule has 1 aromatic rings. The summed E-state index contributed by atoms with van der Waals surface area (Å²) in [6.45, 7) is 1.25. The standard InChI is InChI=1S/C11H13N3O5/c1-7(10(15)16)13-11(17)12-6-8-4-2-3-5-9(8)14(18)19/h2-5,7H,6H2,1H3,(H,15,16)(H2,12,13,17)/t7-/m1/s1. The van der Waals surface area contributed by atoms with Gasteiger partial charge in [0.25, 0.3) is 5.69 Å². The molecule has 8 heteroatoms. The molecule has 1 aromatic carbocycles. The molecule has 2 amide bonds. The molecule has 0 aliphatic rings. The molecule has 0 heterocycles. The van der Waals surface area contributed by atoms with Gasteiger partial charge in [-0.15, -0.1) is 0 Å². The summed E-state index contributed by atoms with van der Waals surface area (Å²) in [4.78, 5) is 32.1. The Bertz CT molecular complexity index is 503. The second-order valence-corrected chi connectivity index (χ2v) is 3.77. The van der Waals surface area contributed by atoms with Crippen molar-refractivity contribution in [1.29, 1.82) is 0 Å². The smallest absolute Gasteiger partial charge is 0.325 e. The Hall–Kier alpha value is -2.64. The molecule has 19 heavy (non-hydrogen) atoms. The van der Waals surface area contributed by atoms with Gasteiger partial charge in [0.1, 0.15) is 6.04 Å². The molecule has 0 spiro atoms. The minimum Gasteiger partial charge on any atom is -0.480 e. The zero-order chi connectivity index (χ0) is 14.4. The minimum atomic E-state index is -1.17. The Balaban J connectivity index is 2.60. The number of urea groups is 1. The number of rotatable bonds is 5. The molecule has 8 nitrogen and oxygen atoms in total. The molecule has 0 saturated carbocycles. The van der Waals surface area contributed by atoms with Crippen LogP contribution in [0.5, 0.6) is 0 Å². The van der Waals surface area contributed by atoms with Crippen molar-refractivity contribution in [3.05, 3.63) is 39.9 Å². The third kappa shape index (κ3) is 4.26. The van der Waals surface area contributed by atoms with Crippen LogP contribution in [0.2, 0.25) is 0 Å². The molecule has 0 aliphatic carbocycles. The molecule has 0 radical (unpaired) electrons. The Morgan fingerprint density at radius 3 is 2.63 bits per heavy atom. The van der Waals surface area contributed by atoms with Crippen LogP contribution >= 0.6 is 0 Å². The van der Waals surface area contributed by atoms with Gasteiger partial charge >= 0.3 is 12.0 Å². The molecular weight excluding hydrogens is 254 g/mol. The molecule has 0 aromatic heterocycles. The molecule has 0 bridgehead atoms. The van der Waals surface area contributed by atoms with Crippen LogP contribution in [0.3, 0.4) is 0 Å². The fraction of sp³-hybridized carbons (Fsp3) is 0.273. The number of hydrogen-bond donors (Lipinski definition) is 3. The molecule has 102 valence electrons. The van der Waals surface area contributed by atoms with E-state index >= 15 is 0 Å². The summed E-state index contributed by atoms with van der Waals surface area (Å²) < 4.78 is 0. The number of amides is 2. The summed E-state index contributed by atoms with van der Waals surface area (Å²) in [5, 5.41) is 23.9. The van der Waals surface area contributed by atoms with E-state index < -0.39 is 23.0 Å². The highest BCUT2D eigenvalue weighted by molar-refractivity contribution is 5.82. The van der Waals surface area contributed by atoms with Gasteiger partial charge in [-0.05, 0) is 6.92 Å². The lowest BCUT2D eigenvalue weighted by molar-refractivity contribution is -0.385. The maximum Gasteiger partial charge on any atom is 0.325 e. The highest BCUT2D eigenvalue weighted by atomic mass is 16.6. The van der Waals surface area contributed by atoms with E-state index in [1.165, 1.54) is 25.1 Å². The lowest BCUT2D eigenvalue weighted by Gasteiger charge is -2.10. The van der Waals surface area contributed by atoms with Crippen LogP contribution in [0.1, 0.15) is 12.5 Å². The van der Waals surface area contributed by atoms with Crippen LogP contribution in [0.4, 0.5) is 10.5 Å². The number of nitro groups is 1. The third-order valence-electron chi connectivity index (χ3n) is 2.35. The van der Waals surface area contributed by atoms with E-state index in [-0.39, 0.29) is 12.2 Å². The first-order valence-corrected chi connectivity index (χ1v) is 5.41. The zero-order valence-corrected chi connectivity index (χ0v) is 10.1. The van der Waals surface area contributed by atoms with Gasteiger partial charge in [-0.25, -0.2) is 4.79 Å². The van der Waals surface area contributed by atoms with Crippen molar-refractivity contribution in [3.8, 4) is 0 Å². The van der Waals surface area contributed by atoms with E-state index in [4.69, 9.17) is 5.11 Å². The summed E-state index contributed by atoms with van der Waals surface area (Å²) in [5.74, 6) is -1.17. The van der Waals surface area contributed by atoms with E-state index in [9.17, 15) is 19.7 Å². The van der Waals surface area contributed by atoms with E-state index in [1.807, 2.05) is 0 Å². The number of nitrogens with zero attached hydrogens (tertiary/aromatic N) is 1. The fourth-order valence-electron chi connectivity index (χ4n) is 1.32. The first-order valence-electron chi connectivity index (χ1n) is 5.41. The highest BCUT2D eigenvalue weighted by Gasteiger charge is 2.15. The fourth-order valence-corrected chi connectivity index (χ4v) is 1.32. The summed E-state index contributed by atoms with van der Waals surface area (Å²) >= 11 is 0. The number of carbonyl (C=O) groups excluding carboxylic acids is 1. The van der Waals surface area contributed by atoms with Crippen molar-refractivity contribution in [3.63, 3.8) is 0 Å².